The van der Waals surface area contributed by atoms with E-state index in [1.54, 1.807) is 11.3 Å². The van der Waals surface area contributed by atoms with Gasteiger partial charge in [-0.15, -0.1) is 0 Å². The monoisotopic (exact) mass is 219 g/mol. The number of thiophene rings is 1. The molecule has 2 aromatic heterocycles. The summed E-state index contributed by atoms with van der Waals surface area (Å²) in [5.41, 5.74) is 8.69. The van der Waals surface area contributed by atoms with Crippen LogP contribution in [0, 0.1) is 0 Å². The van der Waals surface area contributed by atoms with Crippen LogP contribution in [0.4, 0.5) is 5.95 Å². The highest BCUT2D eigenvalue weighted by molar-refractivity contribution is 7.08. The van der Waals surface area contributed by atoms with E-state index in [0.717, 1.165) is 17.0 Å². The van der Waals surface area contributed by atoms with E-state index in [2.05, 4.69) is 29.2 Å². The number of aromatic nitrogens is 2. The summed E-state index contributed by atoms with van der Waals surface area (Å²) in [5.74, 6) is 0.718. The highest BCUT2D eigenvalue weighted by Crippen LogP contribution is 2.23. The zero-order valence-corrected chi connectivity index (χ0v) is 9.58. The van der Waals surface area contributed by atoms with Crippen molar-refractivity contribution in [3.05, 3.63) is 28.6 Å². The zero-order chi connectivity index (χ0) is 10.8. The zero-order valence-electron chi connectivity index (χ0n) is 8.77. The molecule has 0 fully saturated rings. The molecule has 0 aliphatic rings. The molecule has 0 aliphatic carbocycles. The van der Waals surface area contributed by atoms with Gasteiger partial charge >= 0.3 is 0 Å². The van der Waals surface area contributed by atoms with Gasteiger partial charge in [-0.25, -0.2) is 9.97 Å². The molecule has 78 valence electrons. The Balaban J connectivity index is 2.49. The van der Waals surface area contributed by atoms with Crippen molar-refractivity contribution in [1.29, 1.82) is 0 Å². The topological polar surface area (TPSA) is 51.8 Å². The summed E-state index contributed by atoms with van der Waals surface area (Å²) < 4.78 is 0. The van der Waals surface area contributed by atoms with Gasteiger partial charge in [0.05, 0.1) is 5.69 Å². The number of rotatable bonds is 2. The molecule has 2 aromatic rings. The first-order valence-electron chi connectivity index (χ1n) is 4.84. The van der Waals surface area contributed by atoms with Crippen LogP contribution < -0.4 is 5.73 Å². The van der Waals surface area contributed by atoms with Crippen LogP contribution in [0.5, 0.6) is 0 Å². The Kier molecular flexibility index (Phi) is 2.68. The fourth-order valence-corrected chi connectivity index (χ4v) is 1.99. The Morgan fingerprint density at radius 1 is 1.33 bits per heavy atom. The molecule has 0 radical (unpaired) electrons. The van der Waals surface area contributed by atoms with Crippen molar-refractivity contribution in [2.24, 2.45) is 0 Å². The third-order valence-corrected chi connectivity index (χ3v) is 2.85. The summed E-state index contributed by atoms with van der Waals surface area (Å²) in [7, 11) is 0. The predicted molar refractivity (Wildman–Crippen MR) is 63.8 cm³/mol. The summed E-state index contributed by atoms with van der Waals surface area (Å²) in [6.45, 7) is 4.19. The molecule has 0 atom stereocenters. The maximum Gasteiger partial charge on any atom is 0.220 e. The lowest BCUT2D eigenvalue weighted by molar-refractivity contribution is 0.819. The third-order valence-electron chi connectivity index (χ3n) is 2.17. The Hall–Kier alpha value is -1.42. The molecule has 2 N–H and O–H groups in total. The van der Waals surface area contributed by atoms with Crippen molar-refractivity contribution in [3.8, 4) is 11.3 Å². The summed E-state index contributed by atoms with van der Waals surface area (Å²) in [6, 6.07) is 4.04. The van der Waals surface area contributed by atoms with Gasteiger partial charge in [0.15, 0.2) is 0 Å². The second-order valence-electron chi connectivity index (χ2n) is 3.70. The number of nitrogens with two attached hydrogens (primary N) is 1. The molecule has 0 aromatic carbocycles. The number of nitrogen functional groups attached to an aromatic ring is 1. The van der Waals surface area contributed by atoms with Gasteiger partial charge in [0.25, 0.3) is 0 Å². The molecular formula is C11H13N3S. The maximum atomic E-state index is 5.68. The van der Waals surface area contributed by atoms with Gasteiger partial charge in [0.2, 0.25) is 5.95 Å². The van der Waals surface area contributed by atoms with E-state index in [9.17, 15) is 0 Å². The van der Waals surface area contributed by atoms with Crippen LogP contribution in [0.1, 0.15) is 25.5 Å². The Morgan fingerprint density at radius 2 is 2.13 bits per heavy atom. The lowest BCUT2D eigenvalue weighted by atomic mass is 10.1. The van der Waals surface area contributed by atoms with Crippen molar-refractivity contribution >= 4 is 17.3 Å². The molecule has 4 heteroatoms. The van der Waals surface area contributed by atoms with E-state index in [0.29, 0.717) is 11.9 Å². The molecule has 2 rings (SSSR count). The molecule has 0 bridgehead atoms. The maximum absolute atomic E-state index is 5.68. The van der Waals surface area contributed by atoms with Crippen LogP contribution in [-0.2, 0) is 0 Å². The van der Waals surface area contributed by atoms with Gasteiger partial charge in [-0.05, 0) is 23.4 Å². The van der Waals surface area contributed by atoms with Crippen LogP contribution in [0.2, 0.25) is 0 Å². The molecule has 0 saturated heterocycles. The molecule has 2 heterocycles. The van der Waals surface area contributed by atoms with Crippen molar-refractivity contribution in [1.82, 2.24) is 9.97 Å². The third kappa shape index (κ3) is 2.15. The number of nitrogens with zero attached hydrogens (tertiary/aromatic N) is 2. The van der Waals surface area contributed by atoms with Crippen molar-refractivity contribution in [3.63, 3.8) is 0 Å². The predicted octanol–water partition coefficient (Wildman–Crippen LogP) is 2.91. The van der Waals surface area contributed by atoms with Crippen molar-refractivity contribution in [2.75, 3.05) is 5.73 Å². The van der Waals surface area contributed by atoms with Gasteiger partial charge < -0.3 is 5.73 Å². The lowest BCUT2D eigenvalue weighted by Gasteiger charge is -2.07. The van der Waals surface area contributed by atoms with E-state index < -0.39 is 0 Å². The number of hydrogen-bond acceptors (Lipinski definition) is 4. The summed E-state index contributed by atoms with van der Waals surface area (Å²) in [5, 5.41) is 4.09. The van der Waals surface area contributed by atoms with Crippen LogP contribution in [-0.4, -0.2) is 9.97 Å². The molecule has 0 aliphatic heterocycles. The van der Waals surface area contributed by atoms with Gasteiger partial charge in [-0.1, -0.05) is 13.8 Å². The Morgan fingerprint density at radius 3 is 2.73 bits per heavy atom. The molecule has 0 unspecified atom stereocenters. The summed E-state index contributed by atoms with van der Waals surface area (Å²) >= 11 is 1.65. The first kappa shape index (κ1) is 10.1. The van der Waals surface area contributed by atoms with Gasteiger partial charge in [0, 0.05) is 16.6 Å². The van der Waals surface area contributed by atoms with Gasteiger partial charge in [0.1, 0.15) is 0 Å². The number of anilines is 1. The minimum Gasteiger partial charge on any atom is -0.368 e. The van der Waals surface area contributed by atoms with E-state index in [4.69, 9.17) is 5.73 Å². The van der Waals surface area contributed by atoms with Crippen molar-refractivity contribution in [2.45, 2.75) is 19.8 Å². The largest absolute Gasteiger partial charge is 0.368 e. The van der Waals surface area contributed by atoms with Crippen LogP contribution in [0.25, 0.3) is 11.3 Å². The second-order valence-corrected chi connectivity index (χ2v) is 4.48. The first-order chi connectivity index (χ1) is 7.16. The SMILES string of the molecule is CC(C)c1cc(-c2ccsc2)nc(N)n1. The molecular weight excluding hydrogens is 206 g/mol. The average Bonchev–Trinajstić information content (AvgIpc) is 2.69. The standard InChI is InChI=1S/C11H13N3S/c1-7(2)9-5-10(14-11(12)13-9)8-3-4-15-6-8/h3-7H,1-2H3,(H2,12,13,14). The Labute approximate surface area is 93.0 Å². The first-order valence-corrected chi connectivity index (χ1v) is 5.78. The van der Waals surface area contributed by atoms with Crippen LogP contribution in [0.3, 0.4) is 0 Å². The van der Waals surface area contributed by atoms with E-state index in [1.165, 1.54) is 0 Å². The molecule has 0 saturated carbocycles. The average molecular weight is 219 g/mol. The lowest BCUT2D eigenvalue weighted by Crippen LogP contribution is -2.01. The highest BCUT2D eigenvalue weighted by atomic mass is 32.1. The second kappa shape index (κ2) is 3.98. The van der Waals surface area contributed by atoms with E-state index in [1.807, 2.05) is 17.5 Å². The molecule has 3 nitrogen and oxygen atoms in total. The fraction of sp³-hybridized carbons (Fsp3) is 0.273. The van der Waals surface area contributed by atoms with E-state index in [-0.39, 0.29) is 0 Å². The quantitative estimate of drug-likeness (QED) is 0.845. The minimum absolute atomic E-state index is 0.349. The minimum atomic E-state index is 0.349. The highest BCUT2D eigenvalue weighted by Gasteiger charge is 2.07. The Bertz CT molecular complexity index is 449. The number of hydrogen-bond donors (Lipinski definition) is 1. The fourth-order valence-electron chi connectivity index (χ4n) is 1.34. The molecule has 0 spiro atoms. The smallest absolute Gasteiger partial charge is 0.220 e. The normalized spacial score (nSPS) is 10.9. The summed E-state index contributed by atoms with van der Waals surface area (Å²) in [4.78, 5) is 8.45. The van der Waals surface area contributed by atoms with Crippen LogP contribution >= 0.6 is 11.3 Å². The summed E-state index contributed by atoms with van der Waals surface area (Å²) in [6.07, 6.45) is 0. The van der Waals surface area contributed by atoms with Gasteiger partial charge in [-0.2, -0.15) is 11.3 Å². The van der Waals surface area contributed by atoms with Crippen molar-refractivity contribution < 1.29 is 0 Å². The molecule has 15 heavy (non-hydrogen) atoms. The van der Waals surface area contributed by atoms with Crippen LogP contribution in [0.15, 0.2) is 22.9 Å². The van der Waals surface area contributed by atoms with E-state index >= 15 is 0 Å². The molecule has 0 amide bonds. The van der Waals surface area contributed by atoms with Gasteiger partial charge in [-0.3, -0.25) is 0 Å².